The van der Waals surface area contributed by atoms with Gasteiger partial charge in [0.15, 0.2) is 0 Å². The fraction of sp³-hybridized carbons (Fsp3) is 0.364. The first kappa shape index (κ1) is 9.76. The molecule has 0 aromatic rings. The van der Waals surface area contributed by atoms with Gasteiger partial charge in [0.05, 0.1) is 5.71 Å². The average molecular weight is 174 g/mol. The molecule has 0 spiro atoms. The van der Waals surface area contributed by atoms with Crippen molar-refractivity contribution in [2.45, 2.75) is 19.8 Å². The molecule has 0 radical (unpaired) electrons. The zero-order valence-corrected chi connectivity index (χ0v) is 7.88. The van der Waals surface area contributed by atoms with Gasteiger partial charge in [-0.05, 0) is 25.3 Å². The molecule has 0 saturated heterocycles. The lowest BCUT2D eigenvalue weighted by Gasteiger charge is -2.02. The van der Waals surface area contributed by atoms with Gasteiger partial charge in [0.25, 0.3) is 0 Å². The highest BCUT2D eigenvalue weighted by Crippen LogP contribution is 2.14. The maximum absolute atomic E-state index is 5.56. The predicted molar refractivity (Wildman–Crippen MR) is 56.4 cm³/mol. The fourth-order valence-corrected chi connectivity index (χ4v) is 1.29. The Bertz CT molecular complexity index is 313. The van der Waals surface area contributed by atoms with E-state index in [-0.39, 0.29) is 0 Å². The third-order valence-corrected chi connectivity index (χ3v) is 2.17. The number of terminal acetylenes is 1. The lowest BCUT2D eigenvalue weighted by atomic mass is 10.1. The van der Waals surface area contributed by atoms with Crippen LogP contribution < -0.4 is 5.73 Å². The topological polar surface area (TPSA) is 38.4 Å². The minimum atomic E-state index is 0.618. The zero-order valence-electron chi connectivity index (χ0n) is 7.88. The van der Waals surface area contributed by atoms with E-state index in [1.165, 1.54) is 5.57 Å². The Hall–Kier alpha value is -1.33. The van der Waals surface area contributed by atoms with Gasteiger partial charge in [-0.15, -0.1) is 0 Å². The van der Waals surface area contributed by atoms with Crippen molar-refractivity contribution in [1.82, 2.24) is 0 Å². The minimum Gasteiger partial charge on any atom is -0.327 e. The summed E-state index contributed by atoms with van der Waals surface area (Å²) < 4.78 is 0. The maximum Gasteiger partial charge on any atom is 0.0543 e. The predicted octanol–water partition coefficient (Wildman–Crippen LogP) is 1.64. The highest BCUT2D eigenvalue weighted by molar-refractivity contribution is 6.01. The summed E-state index contributed by atoms with van der Waals surface area (Å²) in [5.74, 6) is 0. The van der Waals surface area contributed by atoms with Gasteiger partial charge in [-0.2, -0.15) is 0 Å². The van der Waals surface area contributed by atoms with Crippen molar-refractivity contribution in [1.29, 1.82) is 0 Å². The van der Waals surface area contributed by atoms with E-state index in [4.69, 9.17) is 12.2 Å². The van der Waals surface area contributed by atoms with Crippen LogP contribution in [0.2, 0.25) is 0 Å². The molecule has 0 saturated carbocycles. The highest BCUT2D eigenvalue weighted by Gasteiger charge is 2.06. The summed E-state index contributed by atoms with van der Waals surface area (Å²) in [6, 6.07) is 2.32. The summed E-state index contributed by atoms with van der Waals surface area (Å²) >= 11 is 0. The maximum atomic E-state index is 5.56. The molecule has 2 nitrogen and oxygen atoms in total. The van der Waals surface area contributed by atoms with Gasteiger partial charge >= 0.3 is 0 Å². The summed E-state index contributed by atoms with van der Waals surface area (Å²) in [4.78, 5) is 4.00. The van der Waals surface area contributed by atoms with Crippen LogP contribution in [0.3, 0.4) is 0 Å². The van der Waals surface area contributed by atoms with Crippen molar-refractivity contribution in [3.63, 3.8) is 0 Å². The van der Waals surface area contributed by atoms with E-state index in [1.54, 1.807) is 0 Å². The van der Waals surface area contributed by atoms with Crippen molar-refractivity contribution in [3.8, 4) is 12.5 Å². The molecule has 0 heterocycles. The average Bonchev–Trinajstić information content (AvgIpc) is 2.31. The number of rotatable bonds is 1. The van der Waals surface area contributed by atoms with Crippen LogP contribution in [0.4, 0.5) is 0 Å². The largest absolute Gasteiger partial charge is 0.327 e. The summed E-state index contributed by atoms with van der Waals surface area (Å²) in [6.45, 7) is 2.64. The zero-order chi connectivity index (χ0) is 9.68. The molecule has 0 aliphatic heterocycles. The van der Waals surface area contributed by atoms with E-state index in [0.717, 1.165) is 24.1 Å². The Morgan fingerprint density at radius 1 is 1.54 bits per heavy atom. The lowest BCUT2D eigenvalue weighted by molar-refractivity contribution is 0.958. The molecule has 2 heteroatoms. The van der Waals surface area contributed by atoms with Gasteiger partial charge in [0.2, 0.25) is 0 Å². The first-order valence-electron chi connectivity index (χ1n) is 4.37. The molecule has 0 fully saturated rings. The molecular formula is C11H14N2. The minimum absolute atomic E-state index is 0.618. The van der Waals surface area contributed by atoms with Crippen molar-refractivity contribution >= 4 is 5.71 Å². The van der Waals surface area contributed by atoms with Crippen molar-refractivity contribution in [3.05, 3.63) is 23.3 Å². The van der Waals surface area contributed by atoms with Crippen molar-refractivity contribution in [2.24, 2.45) is 10.7 Å². The number of hydrogen-bond donors (Lipinski definition) is 1. The Morgan fingerprint density at radius 2 is 2.31 bits per heavy atom. The molecule has 2 N–H and O–H groups in total. The third kappa shape index (κ3) is 2.57. The highest BCUT2D eigenvalue weighted by atomic mass is 14.7. The van der Waals surface area contributed by atoms with E-state index in [1.807, 2.05) is 13.0 Å². The molecule has 0 unspecified atom stereocenters. The second kappa shape index (κ2) is 4.64. The Kier molecular flexibility index (Phi) is 3.48. The van der Waals surface area contributed by atoms with E-state index >= 15 is 0 Å². The number of nitrogens with zero attached hydrogens (tertiary/aromatic N) is 1. The molecule has 13 heavy (non-hydrogen) atoms. The van der Waals surface area contributed by atoms with Gasteiger partial charge in [0, 0.05) is 12.6 Å². The molecule has 0 amide bonds. The second-order valence-corrected chi connectivity index (χ2v) is 3.07. The van der Waals surface area contributed by atoms with E-state index in [9.17, 15) is 0 Å². The molecule has 0 aromatic heterocycles. The van der Waals surface area contributed by atoms with Crippen LogP contribution in [-0.4, -0.2) is 12.3 Å². The SMILES string of the molecule is C#CN=C1CCC(CN)=CC=C1C. The quantitative estimate of drug-likeness (QED) is 0.603. The number of aliphatic imine (C=N–C) groups is 1. The summed E-state index contributed by atoms with van der Waals surface area (Å²) in [7, 11) is 0. The van der Waals surface area contributed by atoms with Crippen LogP contribution in [-0.2, 0) is 0 Å². The third-order valence-electron chi connectivity index (χ3n) is 2.17. The van der Waals surface area contributed by atoms with Crippen LogP contribution in [0.5, 0.6) is 0 Å². The molecule has 1 aliphatic rings. The molecule has 0 bridgehead atoms. The number of nitrogens with two attached hydrogens (primary N) is 1. The van der Waals surface area contributed by atoms with Crippen LogP contribution in [0.25, 0.3) is 0 Å². The van der Waals surface area contributed by atoms with Crippen LogP contribution in [0.1, 0.15) is 19.8 Å². The van der Waals surface area contributed by atoms with Gasteiger partial charge in [-0.3, -0.25) is 0 Å². The molecule has 1 rings (SSSR count). The van der Waals surface area contributed by atoms with Gasteiger partial charge in [0.1, 0.15) is 0 Å². The smallest absolute Gasteiger partial charge is 0.0543 e. The first-order chi connectivity index (χ1) is 6.27. The Balaban J connectivity index is 2.84. The number of allylic oxidation sites excluding steroid dienone is 3. The number of hydrogen-bond acceptors (Lipinski definition) is 2. The van der Waals surface area contributed by atoms with E-state index in [0.29, 0.717) is 6.54 Å². The van der Waals surface area contributed by atoms with Crippen molar-refractivity contribution < 1.29 is 0 Å². The van der Waals surface area contributed by atoms with Crippen LogP contribution >= 0.6 is 0 Å². The molecular weight excluding hydrogens is 160 g/mol. The van der Waals surface area contributed by atoms with Crippen LogP contribution in [0, 0.1) is 12.5 Å². The molecule has 0 aromatic carbocycles. The molecule has 1 aliphatic carbocycles. The van der Waals surface area contributed by atoms with E-state index in [2.05, 4.69) is 17.1 Å². The lowest BCUT2D eigenvalue weighted by Crippen LogP contribution is -2.04. The fourth-order valence-electron chi connectivity index (χ4n) is 1.29. The second-order valence-electron chi connectivity index (χ2n) is 3.07. The summed E-state index contributed by atoms with van der Waals surface area (Å²) in [5.41, 5.74) is 8.95. The molecule has 68 valence electrons. The van der Waals surface area contributed by atoms with Gasteiger partial charge < -0.3 is 5.73 Å². The van der Waals surface area contributed by atoms with Crippen LogP contribution in [0.15, 0.2) is 28.3 Å². The Labute approximate surface area is 79.2 Å². The standard InChI is InChI=1S/C11H14N2/c1-3-13-11-7-6-10(8-12)5-4-9(11)2/h1,4-5H,6-8,12H2,2H3. The Morgan fingerprint density at radius 3 is 2.92 bits per heavy atom. The van der Waals surface area contributed by atoms with Gasteiger partial charge in [-0.1, -0.05) is 24.1 Å². The van der Waals surface area contributed by atoms with Gasteiger partial charge in [-0.25, -0.2) is 4.99 Å². The molecule has 0 atom stereocenters. The monoisotopic (exact) mass is 174 g/mol. The van der Waals surface area contributed by atoms with Crippen molar-refractivity contribution in [2.75, 3.05) is 6.54 Å². The summed E-state index contributed by atoms with van der Waals surface area (Å²) in [6.07, 6.45) is 11.1. The van der Waals surface area contributed by atoms with E-state index < -0.39 is 0 Å². The normalized spacial score (nSPS) is 20.2. The first-order valence-corrected chi connectivity index (χ1v) is 4.37. The summed E-state index contributed by atoms with van der Waals surface area (Å²) in [5, 5.41) is 0.